The molecule has 14 heavy (non-hydrogen) atoms. The highest BCUT2D eigenvalue weighted by molar-refractivity contribution is 9.12. The molecule has 2 aliphatic carbocycles. The molecule has 3 nitrogen and oxygen atoms in total. The number of imide groups is 1. The van der Waals surface area contributed by atoms with Crippen molar-refractivity contribution >= 4 is 43.7 Å². The van der Waals surface area contributed by atoms with Crippen LogP contribution in [0.1, 0.15) is 6.42 Å². The second-order valence-corrected chi connectivity index (χ2v) is 6.47. The Bertz CT molecular complexity index is 303. The number of hydrogen-bond donors (Lipinski definition) is 1. The molecule has 6 atom stereocenters. The van der Waals surface area contributed by atoms with Crippen molar-refractivity contribution in [1.29, 1.82) is 0 Å². The van der Waals surface area contributed by atoms with E-state index < -0.39 is 0 Å². The Morgan fingerprint density at radius 3 is 1.86 bits per heavy atom. The van der Waals surface area contributed by atoms with E-state index in [4.69, 9.17) is 0 Å². The van der Waals surface area contributed by atoms with Crippen LogP contribution in [0.3, 0.4) is 0 Å². The van der Waals surface area contributed by atoms with Crippen LogP contribution in [0.4, 0.5) is 0 Å². The molecule has 1 heterocycles. The molecule has 0 aromatic carbocycles. The molecule has 1 N–H and O–H groups in total. The number of halogens is 2. The molecule has 2 amide bonds. The maximum absolute atomic E-state index is 11.5. The van der Waals surface area contributed by atoms with Gasteiger partial charge in [-0.05, 0) is 18.3 Å². The van der Waals surface area contributed by atoms with E-state index in [1.807, 2.05) is 0 Å². The molecule has 2 bridgehead atoms. The summed E-state index contributed by atoms with van der Waals surface area (Å²) in [6, 6.07) is 0. The van der Waals surface area contributed by atoms with E-state index in [-0.39, 0.29) is 23.7 Å². The summed E-state index contributed by atoms with van der Waals surface area (Å²) in [6.45, 7) is 0. The normalized spacial score (nSPS) is 55.0. The van der Waals surface area contributed by atoms with E-state index >= 15 is 0 Å². The molecular formula is C9H9Br2NO2. The van der Waals surface area contributed by atoms with Crippen molar-refractivity contribution < 1.29 is 9.59 Å². The number of amides is 2. The van der Waals surface area contributed by atoms with Crippen LogP contribution in [0.5, 0.6) is 0 Å². The van der Waals surface area contributed by atoms with E-state index in [9.17, 15) is 9.59 Å². The van der Waals surface area contributed by atoms with Gasteiger partial charge in [0.1, 0.15) is 0 Å². The third-order valence-corrected chi connectivity index (χ3v) is 7.03. The smallest absolute Gasteiger partial charge is 0.230 e. The number of carbonyl (C=O) groups excluding carboxylic acids is 2. The molecule has 0 spiro atoms. The molecule has 5 heteroatoms. The molecule has 3 fully saturated rings. The average molecular weight is 323 g/mol. The van der Waals surface area contributed by atoms with Crippen LogP contribution < -0.4 is 5.32 Å². The van der Waals surface area contributed by atoms with Gasteiger partial charge in [-0.3, -0.25) is 14.9 Å². The molecule has 0 radical (unpaired) electrons. The van der Waals surface area contributed by atoms with E-state index in [0.717, 1.165) is 6.42 Å². The zero-order valence-electron chi connectivity index (χ0n) is 7.24. The van der Waals surface area contributed by atoms with Crippen LogP contribution in [-0.2, 0) is 9.59 Å². The lowest BCUT2D eigenvalue weighted by Crippen LogP contribution is -2.37. The predicted octanol–water partition coefficient (Wildman–Crippen LogP) is 1.05. The van der Waals surface area contributed by atoms with Crippen LogP contribution in [0.25, 0.3) is 0 Å². The maximum atomic E-state index is 11.5. The van der Waals surface area contributed by atoms with Crippen molar-refractivity contribution in [3.05, 3.63) is 0 Å². The molecule has 3 rings (SSSR count). The average Bonchev–Trinajstić information content (AvgIpc) is 2.71. The summed E-state index contributed by atoms with van der Waals surface area (Å²) in [4.78, 5) is 23.8. The van der Waals surface area contributed by atoms with Crippen molar-refractivity contribution in [2.75, 3.05) is 0 Å². The van der Waals surface area contributed by atoms with Crippen LogP contribution in [0, 0.1) is 23.7 Å². The van der Waals surface area contributed by atoms with Crippen LogP contribution in [-0.4, -0.2) is 21.5 Å². The number of hydrogen-bond acceptors (Lipinski definition) is 2. The summed E-state index contributed by atoms with van der Waals surface area (Å²) < 4.78 is 0. The van der Waals surface area contributed by atoms with Gasteiger partial charge in [-0.15, -0.1) is 0 Å². The highest BCUT2D eigenvalue weighted by atomic mass is 79.9. The molecular weight excluding hydrogens is 314 g/mol. The number of carbonyl (C=O) groups is 2. The zero-order chi connectivity index (χ0) is 10.0. The van der Waals surface area contributed by atoms with Gasteiger partial charge in [-0.2, -0.15) is 0 Å². The Morgan fingerprint density at radius 1 is 1.00 bits per heavy atom. The Labute approximate surface area is 98.2 Å². The highest BCUT2D eigenvalue weighted by Gasteiger charge is 2.64. The highest BCUT2D eigenvalue weighted by Crippen LogP contribution is 2.58. The quantitative estimate of drug-likeness (QED) is 0.535. The Hall–Kier alpha value is 0.1000. The summed E-state index contributed by atoms with van der Waals surface area (Å²) in [5, 5.41) is 2.44. The van der Waals surface area contributed by atoms with Crippen LogP contribution in [0.15, 0.2) is 0 Å². The minimum Gasteiger partial charge on any atom is -0.296 e. The Balaban J connectivity index is 2.01. The zero-order valence-corrected chi connectivity index (χ0v) is 10.4. The molecule has 76 valence electrons. The third-order valence-electron chi connectivity index (χ3n) is 3.83. The maximum Gasteiger partial charge on any atom is 0.230 e. The van der Waals surface area contributed by atoms with E-state index in [1.165, 1.54) is 0 Å². The molecule has 2 saturated carbocycles. The van der Waals surface area contributed by atoms with E-state index in [2.05, 4.69) is 37.2 Å². The first-order valence-electron chi connectivity index (χ1n) is 4.74. The van der Waals surface area contributed by atoms with Gasteiger partial charge in [0, 0.05) is 9.65 Å². The number of rotatable bonds is 0. The Morgan fingerprint density at radius 2 is 1.43 bits per heavy atom. The molecule has 1 saturated heterocycles. The fourth-order valence-corrected chi connectivity index (χ4v) is 5.15. The summed E-state index contributed by atoms with van der Waals surface area (Å²) in [7, 11) is 0. The number of fused-ring (bicyclic) bond motifs is 5. The molecule has 6 unspecified atom stereocenters. The van der Waals surface area contributed by atoms with Crippen molar-refractivity contribution in [3.8, 4) is 0 Å². The summed E-state index contributed by atoms with van der Waals surface area (Å²) in [5.41, 5.74) is 0. The van der Waals surface area contributed by atoms with Crippen LogP contribution in [0.2, 0.25) is 0 Å². The first-order valence-corrected chi connectivity index (χ1v) is 6.57. The van der Waals surface area contributed by atoms with Gasteiger partial charge < -0.3 is 0 Å². The number of nitrogens with one attached hydrogen (secondary N) is 1. The summed E-state index contributed by atoms with van der Waals surface area (Å²) in [6.07, 6.45) is 1.00. The van der Waals surface area contributed by atoms with Crippen molar-refractivity contribution in [1.82, 2.24) is 5.32 Å². The Kier molecular flexibility index (Phi) is 1.88. The summed E-state index contributed by atoms with van der Waals surface area (Å²) >= 11 is 7.21. The first-order chi connectivity index (χ1) is 6.61. The van der Waals surface area contributed by atoms with E-state index in [1.54, 1.807) is 0 Å². The topological polar surface area (TPSA) is 46.2 Å². The van der Waals surface area contributed by atoms with Gasteiger partial charge in [-0.1, -0.05) is 31.9 Å². The fraction of sp³-hybridized carbons (Fsp3) is 0.778. The molecule has 3 aliphatic rings. The second-order valence-electron chi connectivity index (χ2n) is 4.36. The lowest BCUT2D eigenvalue weighted by atomic mass is 9.81. The number of alkyl halides is 2. The van der Waals surface area contributed by atoms with Gasteiger partial charge in [0.15, 0.2) is 0 Å². The first kappa shape index (κ1) is 9.33. The van der Waals surface area contributed by atoms with Gasteiger partial charge in [0.05, 0.1) is 11.8 Å². The third kappa shape index (κ3) is 0.927. The second kappa shape index (κ2) is 2.82. The minimum absolute atomic E-state index is 0.0589. The minimum atomic E-state index is -0.0642. The van der Waals surface area contributed by atoms with Crippen molar-refractivity contribution in [2.45, 2.75) is 16.1 Å². The molecule has 0 aromatic heterocycles. The molecule has 1 aliphatic heterocycles. The fourth-order valence-electron chi connectivity index (χ4n) is 3.27. The summed E-state index contributed by atoms with van der Waals surface area (Å²) in [5.74, 6) is 0.422. The predicted molar refractivity (Wildman–Crippen MR) is 57.2 cm³/mol. The largest absolute Gasteiger partial charge is 0.296 e. The lowest BCUT2D eigenvalue weighted by Gasteiger charge is -2.28. The van der Waals surface area contributed by atoms with Gasteiger partial charge in [0.2, 0.25) is 11.8 Å². The SMILES string of the molecule is O=C1NC(=O)C2C3CC(C(Br)C3Br)C12. The standard InChI is InChI=1S/C9H9Br2NO2/c10-6-2-1-3(7(6)11)5-4(2)8(13)12-9(5)14/h2-7H,1H2,(H,12,13,14). The lowest BCUT2D eigenvalue weighted by molar-refractivity contribution is -0.126. The monoisotopic (exact) mass is 321 g/mol. The van der Waals surface area contributed by atoms with E-state index in [0.29, 0.717) is 21.5 Å². The van der Waals surface area contributed by atoms with Gasteiger partial charge in [0.25, 0.3) is 0 Å². The van der Waals surface area contributed by atoms with Gasteiger partial charge in [-0.25, -0.2) is 0 Å². The van der Waals surface area contributed by atoms with Crippen molar-refractivity contribution in [2.24, 2.45) is 23.7 Å². The van der Waals surface area contributed by atoms with Crippen molar-refractivity contribution in [3.63, 3.8) is 0 Å². The van der Waals surface area contributed by atoms with Gasteiger partial charge >= 0.3 is 0 Å². The van der Waals surface area contributed by atoms with Crippen LogP contribution >= 0.6 is 31.9 Å². The molecule has 0 aromatic rings.